The fourth-order valence-corrected chi connectivity index (χ4v) is 2.24. The van der Waals surface area contributed by atoms with Gasteiger partial charge in [0, 0.05) is 26.6 Å². The molecule has 0 saturated carbocycles. The summed E-state index contributed by atoms with van der Waals surface area (Å²) in [6.07, 6.45) is 4.43. The number of esters is 1. The molecule has 0 fully saturated rings. The Bertz CT molecular complexity index is 527. The molecule has 0 atom stereocenters. The van der Waals surface area contributed by atoms with Gasteiger partial charge in [0.15, 0.2) is 5.96 Å². The maximum atomic E-state index is 13.1. The van der Waals surface area contributed by atoms with Gasteiger partial charge in [-0.05, 0) is 37.5 Å². The Labute approximate surface area is 166 Å². The topological polar surface area (TPSA) is 62.7 Å². The lowest BCUT2D eigenvalue weighted by atomic mass is 10.1. The average Bonchev–Trinajstić information content (AvgIpc) is 2.57. The van der Waals surface area contributed by atoms with E-state index in [4.69, 9.17) is 4.74 Å². The van der Waals surface area contributed by atoms with Crippen molar-refractivity contribution < 1.29 is 13.9 Å². The number of halogens is 2. The second kappa shape index (κ2) is 14.9. The first-order valence-electron chi connectivity index (χ1n) is 8.50. The van der Waals surface area contributed by atoms with Crippen LogP contribution in [0.5, 0.6) is 0 Å². The molecule has 7 heteroatoms. The normalized spacial score (nSPS) is 10.8. The number of unbranched alkanes of at least 4 members (excludes halogenated alkanes) is 3. The summed E-state index contributed by atoms with van der Waals surface area (Å²) in [7, 11) is 1.71. The van der Waals surface area contributed by atoms with E-state index in [9.17, 15) is 9.18 Å². The lowest BCUT2D eigenvalue weighted by Gasteiger charge is -2.12. The van der Waals surface area contributed by atoms with Crippen LogP contribution in [0.3, 0.4) is 0 Å². The molecule has 0 heterocycles. The molecule has 1 aromatic carbocycles. The zero-order valence-electron chi connectivity index (χ0n) is 15.0. The van der Waals surface area contributed by atoms with Crippen molar-refractivity contribution in [1.82, 2.24) is 10.6 Å². The monoisotopic (exact) mass is 465 g/mol. The molecule has 1 aromatic rings. The van der Waals surface area contributed by atoms with Gasteiger partial charge in [0.1, 0.15) is 5.82 Å². The second-order valence-corrected chi connectivity index (χ2v) is 5.45. The first-order valence-corrected chi connectivity index (χ1v) is 8.50. The molecule has 0 bridgehead atoms. The minimum Gasteiger partial charge on any atom is -0.466 e. The highest BCUT2D eigenvalue weighted by molar-refractivity contribution is 14.0. The Morgan fingerprint density at radius 2 is 1.96 bits per heavy atom. The largest absolute Gasteiger partial charge is 0.466 e. The van der Waals surface area contributed by atoms with Gasteiger partial charge in [-0.25, -0.2) is 4.39 Å². The lowest BCUT2D eigenvalue weighted by molar-refractivity contribution is -0.143. The van der Waals surface area contributed by atoms with Crippen molar-refractivity contribution in [3.05, 3.63) is 35.6 Å². The van der Waals surface area contributed by atoms with Crippen LogP contribution in [0.15, 0.2) is 29.3 Å². The Hall–Kier alpha value is -1.38. The van der Waals surface area contributed by atoms with E-state index in [0.29, 0.717) is 25.5 Å². The number of guanidine groups is 1. The summed E-state index contributed by atoms with van der Waals surface area (Å²) in [6.45, 7) is 3.60. The van der Waals surface area contributed by atoms with E-state index in [0.717, 1.165) is 37.8 Å². The number of carbonyl (C=O) groups excluding carboxylic acids is 1. The van der Waals surface area contributed by atoms with Gasteiger partial charge in [-0.15, -0.1) is 24.0 Å². The molecule has 0 aliphatic carbocycles. The molecule has 0 saturated heterocycles. The van der Waals surface area contributed by atoms with Crippen LogP contribution in [0.25, 0.3) is 0 Å². The van der Waals surface area contributed by atoms with Crippen molar-refractivity contribution in [3.8, 4) is 0 Å². The van der Waals surface area contributed by atoms with Crippen LogP contribution in [0.1, 0.15) is 44.6 Å². The maximum absolute atomic E-state index is 13.1. The number of nitrogens with one attached hydrogen (secondary N) is 2. The van der Waals surface area contributed by atoms with E-state index < -0.39 is 0 Å². The Kier molecular flexibility index (Phi) is 14.1. The Balaban J connectivity index is 0.00000576. The molecule has 142 valence electrons. The van der Waals surface area contributed by atoms with Crippen molar-refractivity contribution in [3.63, 3.8) is 0 Å². The summed E-state index contributed by atoms with van der Waals surface area (Å²) in [5.74, 6) is 0.350. The number of hydrogen-bond donors (Lipinski definition) is 2. The predicted octanol–water partition coefficient (Wildman–Crippen LogP) is 3.62. The third-order valence-corrected chi connectivity index (χ3v) is 3.48. The Morgan fingerprint density at radius 1 is 1.20 bits per heavy atom. The number of ether oxygens (including phenoxy) is 1. The quantitative estimate of drug-likeness (QED) is 0.182. The summed E-state index contributed by atoms with van der Waals surface area (Å²) >= 11 is 0. The van der Waals surface area contributed by atoms with Crippen molar-refractivity contribution >= 4 is 35.9 Å². The number of aliphatic imine (C=N–C) groups is 1. The molecule has 0 radical (unpaired) electrons. The summed E-state index contributed by atoms with van der Waals surface area (Å²) in [4.78, 5) is 15.3. The highest BCUT2D eigenvalue weighted by Gasteiger charge is 2.01. The van der Waals surface area contributed by atoms with Crippen LogP contribution in [0, 0.1) is 5.82 Å². The molecule has 2 N–H and O–H groups in total. The van der Waals surface area contributed by atoms with Gasteiger partial charge >= 0.3 is 5.97 Å². The van der Waals surface area contributed by atoms with E-state index in [1.807, 2.05) is 13.0 Å². The number of nitrogens with zero attached hydrogens (tertiary/aromatic N) is 1. The molecular formula is C18H29FIN3O2. The van der Waals surface area contributed by atoms with E-state index in [1.165, 1.54) is 12.1 Å². The number of rotatable bonds is 10. The molecule has 0 amide bonds. The summed E-state index contributed by atoms with van der Waals surface area (Å²) in [6, 6.07) is 6.49. The van der Waals surface area contributed by atoms with Crippen LogP contribution in [0.2, 0.25) is 0 Å². The zero-order valence-corrected chi connectivity index (χ0v) is 17.3. The summed E-state index contributed by atoms with van der Waals surface area (Å²) in [5.41, 5.74) is 0.872. The molecule has 0 unspecified atom stereocenters. The minimum atomic E-state index is -0.236. The Morgan fingerprint density at radius 3 is 2.64 bits per heavy atom. The fraction of sp³-hybridized carbons (Fsp3) is 0.556. The second-order valence-electron chi connectivity index (χ2n) is 5.45. The highest BCUT2D eigenvalue weighted by Crippen LogP contribution is 2.04. The van der Waals surface area contributed by atoms with Gasteiger partial charge < -0.3 is 15.4 Å². The molecule has 1 rings (SSSR count). The van der Waals surface area contributed by atoms with Gasteiger partial charge in [-0.1, -0.05) is 25.0 Å². The van der Waals surface area contributed by atoms with Gasteiger partial charge in [-0.3, -0.25) is 9.79 Å². The number of benzene rings is 1. The average molecular weight is 465 g/mol. The van der Waals surface area contributed by atoms with E-state index in [2.05, 4.69) is 15.6 Å². The van der Waals surface area contributed by atoms with Crippen LogP contribution < -0.4 is 10.6 Å². The fourth-order valence-electron chi connectivity index (χ4n) is 2.24. The third kappa shape index (κ3) is 11.7. The van der Waals surface area contributed by atoms with Crippen LogP contribution >= 0.6 is 24.0 Å². The van der Waals surface area contributed by atoms with E-state index >= 15 is 0 Å². The van der Waals surface area contributed by atoms with Crippen molar-refractivity contribution in [2.75, 3.05) is 20.2 Å². The molecule has 5 nitrogen and oxygen atoms in total. The molecule has 0 aliphatic heterocycles. The summed E-state index contributed by atoms with van der Waals surface area (Å²) < 4.78 is 18.0. The van der Waals surface area contributed by atoms with E-state index in [-0.39, 0.29) is 35.8 Å². The lowest BCUT2D eigenvalue weighted by Crippen LogP contribution is -2.37. The predicted molar refractivity (Wildman–Crippen MR) is 110 cm³/mol. The van der Waals surface area contributed by atoms with Crippen LogP contribution in [0.4, 0.5) is 4.39 Å². The van der Waals surface area contributed by atoms with Crippen LogP contribution in [-0.4, -0.2) is 32.1 Å². The molecule has 0 aromatic heterocycles. The van der Waals surface area contributed by atoms with Crippen LogP contribution in [-0.2, 0) is 16.1 Å². The molecular weight excluding hydrogens is 436 g/mol. The first-order chi connectivity index (χ1) is 11.7. The molecule has 25 heavy (non-hydrogen) atoms. The van der Waals surface area contributed by atoms with Gasteiger partial charge in [0.25, 0.3) is 0 Å². The minimum absolute atomic E-state index is 0. The number of hydrogen-bond acceptors (Lipinski definition) is 3. The SMILES string of the molecule is CCOC(=O)CCCCCCNC(=NC)NCc1cccc(F)c1.I. The summed E-state index contributed by atoms with van der Waals surface area (Å²) in [5, 5.41) is 6.38. The zero-order chi connectivity index (χ0) is 17.6. The number of carbonyl (C=O) groups is 1. The maximum Gasteiger partial charge on any atom is 0.305 e. The molecule has 0 spiro atoms. The van der Waals surface area contributed by atoms with Crippen molar-refractivity contribution in [2.24, 2.45) is 4.99 Å². The standard InChI is InChI=1S/C18H28FN3O2.HI/c1-3-24-17(23)11-6-4-5-7-12-21-18(20-2)22-14-15-9-8-10-16(19)13-15;/h8-10,13H,3-7,11-12,14H2,1-2H3,(H2,20,21,22);1H. The van der Waals surface area contributed by atoms with Gasteiger partial charge in [0.05, 0.1) is 6.61 Å². The van der Waals surface area contributed by atoms with Crippen molar-refractivity contribution in [1.29, 1.82) is 0 Å². The van der Waals surface area contributed by atoms with Crippen molar-refractivity contribution in [2.45, 2.75) is 45.6 Å². The van der Waals surface area contributed by atoms with Gasteiger partial charge in [-0.2, -0.15) is 0 Å². The highest BCUT2D eigenvalue weighted by atomic mass is 127. The molecule has 0 aliphatic rings. The van der Waals surface area contributed by atoms with E-state index in [1.54, 1.807) is 13.1 Å². The smallest absolute Gasteiger partial charge is 0.305 e. The first kappa shape index (κ1) is 23.6. The van der Waals surface area contributed by atoms with Gasteiger partial charge in [0.2, 0.25) is 0 Å². The third-order valence-electron chi connectivity index (χ3n) is 3.48.